The maximum Gasteiger partial charge on any atom is 0.314 e. The molecule has 0 aromatic heterocycles. The van der Waals surface area contributed by atoms with E-state index >= 15 is 0 Å². The number of rotatable bonds is 12. The Kier molecular flexibility index (Phi) is 13.2. The van der Waals surface area contributed by atoms with Gasteiger partial charge in [-0.05, 0) is 18.8 Å². The van der Waals surface area contributed by atoms with Crippen LogP contribution in [0.15, 0.2) is 0 Å². The third-order valence-electron chi connectivity index (χ3n) is 3.66. The molecule has 0 saturated carbocycles. The number of carbonyl (C=O) groups excluding carboxylic acids is 1. The summed E-state index contributed by atoms with van der Waals surface area (Å²) in [6.07, 6.45) is 11.1. The fourth-order valence-electron chi connectivity index (χ4n) is 2.17. The lowest BCUT2D eigenvalue weighted by Gasteiger charge is -2.15. The van der Waals surface area contributed by atoms with Crippen molar-refractivity contribution >= 4 is 6.03 Å². The van der Waals surface area contributed by atoms with Crippen LogP contribution in [0, 0.1) is 5.92 Å². The van der Waals surface area contributed by atoms with Crippen molar-refractivity contribution in [3.05, 3.63) is 0 Å². The minimum Gasteiger partial charge on any atom is -0.338 e. The van der Waals surface area contributed by atoms with Gasteiger partial charge in [0.25, 0.3) is 0 Å². The molecule has 0 aliphatic rings. The zero-order chi connectivity index (χ0) is 14.3. The van der Waals surface area contributed by atoms with Gasteiger partial charge in [0, 0.05) is 13.1 Å². The van der Waals surface area contributed by atoms with Gasteiger partial charge in [-0.25, -0.2) is 4.79 Å². The van der Waals surface area contributed by atoms with Crippen LogP contribution in [0.1, 0.15) is 78.6 Å². The molecule has 3 heteroatoms. The topological polar surface area (TPSA) is 41.1 Å². The first-order chi connectivity index (χ1) is 9.24. The summed E-state index contributed by atoms with van der Waals surface area (Å²) in [7, 11) is 0. The molecule has 0 radical (unpaired) electrons. The van der Waals surface area contributed by atoms with Crippen molar-refractivity contribution in [1.29, 1.82) is 0 Å². The molecular weight excluding hydrogens is 236 g/mol. The first-order valence-electron chi connectivity index (χ1n) is 8.26. The van der Waals surface area contributed by atoms with Gasteiger partial charge in [-0.1, -0.05) is 65.7 Å². The van der Waals surface area contributed by atoms with Crippen molar-refractivity contribution in [1.82, 2.24) is 10.6 Å². The molecule has 1 unspecified atom stereocenters. The van der Waals surface area contributed by atoms with Crippen LogP contribution in [0.3, 0.4) is 0 Å². The van der Waals surface area contributed by atoms with Gasteiger partial charge in [0.15, 0.2) is 0 Å². The molecule has 19 heavy (non-hydrogen) atoms. The highest BCUT2D eigenvalue weighted by molar-refractivity contribution is 5.73. The van der Waals surface area contributed by atoms with E-state index < -0.39 is 0 Å². The second-order valence-corrected chi connectivity index (χ2v) is 5.47. The SMILES string of the molecule is CCCCCCCNC(=O)NCC(CC)CCCC. The number of carbonyl (C=O) groups is 1. The molecule has 0 fully saturated rings. The van der Waals surface area contributed by atoms with Crippen LogP contribution in [0.5, 0.6) is 0 Å². The van der Waals surface area contributed by atoms with Gasteiger partial charge in [-0.2, -0.15) is 0 Å². The molecule has 2 N–H and O–H groups in total. The Morgan fingerprint density at radius 2 is 1.58 bits per heavy atom. The van der Waals surface area contributed by atoms with Crippen molar-refractivity contribution in [3.8, 4) is 0 Å². The molecule has 2 amide bonds. The van der Waals surface area contributed by atoms with E-state index in [0.29, 0.717) is 5.92 Å². The highest BCUT2D eigenvalue weighted by Gasteiger charge is 2.07. The largest absolute Gasteiger partial charge is 0.338 e. The molecule has 0 aliphatic heterocycles. The monoisotopic (exact) mass is 270 g/mol. The summed E-state index contributed by atoms with van der Waals surface area (Å²) in [4.78, 5) is 11.6. The minimum absolute atomic E-state index is 0.00504. The van der Waals surface area contributed by atoms with Crippen molar-refractivity contribution in [2.45, 2.75) is 78.6 Å². The molecule has 0 heterocycles. The Morgan fingerprint density at radius 1 is 0.895 bits per heavy atom. The lowest BCUT2D eigenvalue weighted by molar-refractivity contribution is 0.238. The van der Waals surface area contributed by atoms with Gasteiger partial charge >= 0.3 is 6.03 Å². The van der Waals surface area contributed by atoms with E-state index in [1.165, 1.54) is 44.9 Å². The first kappa shape index (κ1) is 18.3. The quantitative estimate of drug-likeness (QED) is 0.505. The van der Waals surface area contributed by atoms with Crippen LogP contribution in [-0.4, -0.2) is 19.1 Å². The van der Waals surface area contributed by atoms with Crippen molar-refractivity contribution in [2.75, 3.05) is 13.1 Å². The second kappa shape index (κ2) is 13.7. The van der Waals surface area contributed by atoms with Crippen LogP contribution in [-0.2, 0) is 0 Å². The summed E-state index contributed by atoms with van der Waals surface area (Å²) >= 11 is 0. The van der Waals surface area contributed by atoms with Gasteiger partial charge in [-0.3, -0.25) is 0 Å². The summed E-state index contributed by atoms with van der Waals surface area (Å²) in [5.74, 6) is 0.634. The number of hydrogen-bond donors (Lipinski definition) is 2. The van der Waals surface area contributed by atoms with E-state index in [4.69, 9.17) is 0 Å². The molecule has 3 nitrogen and oxygen atoms in total. The molecule has 0 bridgehead atoms. The van der Waals surface area contributed by atoms with Gasteiger partial charge in [0.1, 0.15) is 0 Å². The fourth-order valence-corrected chi connectivity index (χ4v) is 2.17. The van der Waals surface area contributed by atoms with Gasteiger partial charge in [0.05, 0.1) is 0 Å². The Bertz CT molecular complexity index is 207. The maximum atomic E-state index is 11.6. The molecule has 114 valence electrons. The van der Waals surface area contributed by atoms with Crippen molar-refractivity contribution in [2.24, 2.45) is 5.92 Å². The molecular formula is C16H34N2O. The van der Waals surface area contributed by atoms with Gasteiger partial charge in [-0.15, -0.1) is 0 Å². The van der Waals surface area contributed by atoms with E-state index in [9.17, 15) is 4.79 Å². The number of amides is 2. The molecule has 1 atom stereocenters. The Hall–Kier alpha value is -0.730. The van der Waals surface area contributed by atoms with Crippen LogP contribution in [0.25, 0.3) is 0 Å². The number of urea groups is 1. The standard InChI is InChI=1S/C16H34N2O/c1-4-7-9-10-11-13-17-16(19)18-14-15(6-3)12-8-5-2/h15H,4-14H2,1-3H3,(H2,17,18,19). The third kappa shape index (κ3) is 12.1. The molecule has 0 saturated heterocycles. The van der Waals surface area contributed by atoms with E-state index in [0.717, 1.165) is 25.9 Å². The summed E-state index contributed by atoms with van der Waals surface area (Å²) in [6.45, 7) is 8.26. The number of hydrogen-bond acceptors (Lipinski definition) is 1. The molecule has 0 spiro atoms. The zero-order valence-corrected chi connectivity index (χ0v) is 13.3. The molecule has 0 aliphatic carbocycles. The number of unbranched alkanes of at least 4 members (excludes halogenated alkanes) is 5. The van der Waals surface area contributed by atoms with Crippen molar-refractivity contribution < 1.29 is 4.79 Å². The lowest BCUT2D eigenvalue weighted by Crippen LogP contribution is -2.38. The average Bonchev–Trinajstić information content (AvgIpc) is 2.43. The first-order valence-corrected chi connectivity index (χ1v) is 8.26. The minimum atomic E-state index is 0.00504. The summed E-state index contributed by atoms with van der Waals surface area (Å²) in [6, 6.07) is 0.00504. The van der Waals surface area contributed by atoms with Crippen LogP contribution in [0.4, 0.5) is 4.79 Å². The Morgan fingerprint density at radius 3 is 2.21 bits per heavy atom. The molecule has 0 aromatic carbocycles. The maximum absolute atomic E-state index is 11.6. The van der Waals surface area contributed by atoms with Crippen LogP contribution < -0.4 is 10.6 Å². The van der Waals surface area contributed by atoms with E-state index in [-0.39, 0.29) is 6.03 Å². The van der Waals surface area contributed by atoms with Crippen molar-refractivity contribution in [3.63, 3.8) is 0 Å². The van der Waals surface area contributed by atoms with Crippen LogP contribution >= 0.6 is 0 Å². The second-order valence-electron chi connectivity index (χ2n) is 5.47. The highest BCUT2D eigenvalue weighted by atomic mass is 16.2. The summed E-state index contributed by atoms with van der Waals surface area (Å²) < 4.78 is 0. The predicted molar refractivity (Wildman–Crippen MR) is 83.5 cm³/mol. The summed E-state index contributed by atoms with van der Waals surface area (Å²) in [5.41, 5.74) is 0. The highest BCUT2D eigenvalue weighted by Crippen LogP contribution is 2.10. The van der Waals surface area contributed by atoms with Crippen LogP contribution in [0.2, 0.25) is 0 Å². The van der Waals surface area contributed by atoms with E-state index in [2.05, 4.69) is 31.4 Å². The Labute approximate surface area is 119 Å². The van der Waals surface area contributed by atoms with Gasteiger partial charge in [0.2, 0.25) is 0 Å². The predicted octanol–water partition coefficient (Wildman–Crippen LogP) is 4.47. The third-order valence-corrected chi connectivity index (χ3v) is 3.66. The fraction of sp³-hybridized carbons (Fsp3) is 0.938. The molecule has 0 rings (SSSR count). The van der Waals surface area contributed by atoms with E-state index in [1.807, 2.05) is 0 Å². The smallest absolute Gasteiger partial charge is 0.314 e. The average molecular weight is 270 g/mol. The zero-order valence-electron chi connectivity index (χ0n) is 13.3. The summed E-state index contributed by atoms with van der Waals surface area (Å²) in [5, 5.41) is 5.94. The van der Waals surface area contributed by atoms with E-state index in [1.54, 1.807) is 0 Å². The molecule has 0 aromatic rings. The number of nitrogens with one attached hydrogen (secondary N) is 2. The Balaban J connectivity index is 3.46. The van der Waals surface area contributed by atoms with Gasteiger partial charge < -0.3 is 10.6 Å². The normalized spacial score (nSPS) is 12.2. The lowest BCUT2D eigenvalue weighted by atomic mass is 9.99.